The van der Waals surface area contributed by atoms with Gasteiger partial charge in [0, 0.05) is 34.2 Å². The third-order valence-corrected chi connectivity index (χ3v) is 2.64. The number of nitrogens with one attached hydrogen (secondary N) is 1. The molecule has 10 heteroatoms. The average Bonchev–Trinajstić information content (AvgIpc) is 2.46. The summed E-state index contributed by atoms with van der Waals surface area (Å²) in [5, 5.41) is 2.42. The standard InChI is InChI=1S/C15H23NO9/c1-6-16-15(21)14(25-11(5)20)13(24-10(4)19)12(23-9(3)18)7-22-8(2)17/h12-14H,6-7H2,1-5H3,(H,16,21)/t12-,13+,14-/m0/s1. The van der Waals surface area contributed by atoms with Crippen molar-refractivity contribution in [2.75, 3.05) is 13.2 Å². The minimum Gasteiger partial charge on any atom is -0.462 e. The van der Waals surface area contributed by atoms with Crippen molar-refractivity contribution in [1.82, 2.24) is 5.32 Å². The SMILES string of the molecule is CCNC(=O)[C@@H](OC(C)=O)[C@H](OC(C)=O)[C@H](COC(C)=O)OC(C)=O. The first-order chi connectivity index (χ1) is 11.6. The number of hydrogen-bond acceptors (Lipinski definition) is 9. The second-order valence-electron chi connectivity index (χ2n) is 4.95. The van der Waals surface area contributed by atoms with Crippen LogP contribution in [0.4, 0.5) is 0 Å². The molecule has 1 N–H and O–H groups in total. The summed E-state index contributed by atoms with van der Waals surface area (Å²) in [6, 6.07) is 0. The maximum absolute atomic E-state index is 12.2. The van der Waals surface area contributed by atoms with Gasteiger partial charge in [-0.1, -0.05) is 0 Å². The average molecular weight is 361 g/mol. The molecule has 10 nitrogen and oxygen atoms in total. The Hall–Kier alpha value is -2.65. The van der Waals surface area contributed by atoms with Gasteiger partial charge in [0.15, 0.2) is 12.2 Å². The number of esters is 4. The number of ether oxygens (including phenoxy) is 4. The molecule has 0 radical (unpaired) electrons. The van der Waals surface area contributed by atoms with E-state index in [1.54, 1.807) is 6.92 Å². The third kappa shape index (κ3) is 9.28. The van der Waals surface area contributed by atoms with Crippen molar-refractivity contribution >= 4 is 29.8 Å². The molecule has 0 aromatic heterocycles. The Morgan fingerprint density at radius 2 is 1.32 bits per heavy atom. The topological polar surface area (TPSA) is 134 Å². The Labute approximate surface area is 145 Å². The lowest BCUT2D eigenvalue weighted by atomic mass is 10.1. The molecule has 142 valence electrons. The Bertz CT molecular complexity index is 517. The van der Waals surface area contributed by atoms with Crippen molar-refractivity contribution < 1.29 is 42.9 Å². The molecule has 0 rings (SSSR count). The normalized spacial score (nSPS) is 13.6. The number of rotatable bonds is 9. The van der Waals surface area contributed by atoms with Crippen molar-refractivity contribution in [3.05, 3.63) is 0 Å². The van der Waals surface area contributed by atoms with Gasteiger partial charge in [-0.3, -0.25) is 24.0 Å². The predicted octanol–water partition coefficient (Wildman–Crippen LogP) is -0.519. The molecule has 0 aliphatic carbocycles. The summed E-state index contributed by atoms with van der Waals surface area (Å²) in [7, 11) is 0. The summed E-state index contributed by atoms with van der Waals surface area (Å²) in [5.41, 5.74) is 0. The van der Waals surface area contributed by atoms with Gasteiger partial charge in [0.25, 0.3) is 5.91 Å². The molecule has 0 spiro atoms. The van der Waals surface area contributed by atoms with Crippen molar-refractivity contribution in [3.63, 3.8) is 0 Å². The van der Waals surface area contributed by atoms with Gasteiger partial charge in [0.05, 0.1) is 0 Å². The first-order valence-corrected chi connectivity index (χ1v) is 7.51. The minimum absolute atomic E-state index is 0.214. The lowest BCUT2D eigenvalue weighted by Gasteiger charge is -2.30. The molecule has 25 heavy (non-hydrogen) atoms. The summed E-state index contributed by atoms with van der Waals surface area (Å²) >= 11 is 0. The minimum atomic E-state index is -1.60. The lowest BCUT2D eigenvalue weighted by molar-refractivity contribution is -0.191. The maximum atomic E-state index is 12.2. The van der Waals surface area contributed by atoms with Gasteiger partial charge in [0.2, 0.25) is 6.10 Å². The van der Waals surface area contributed by atoms with Gasteiger partial charge < -0.3 is 24.3 Å². The van der Waals surface area contributed by atoms with Crippen LogP contribution in [-0.4, -0.2) is 61.2 Å². The number of likely N-dealkylation sites (N-methyl/N-ethyl adjacent to an activating group) is 1. The van der Waals surface area contributed by atoms with E-state index in [0.29, 0.717) is 0 Å². The van der Waals surface area contributed by atoms with E-state index in [2.05, 4.69) is 5.32 Å². The van der Waals surface area contributed by atoms with Gasteiger partial charge in [-0.2, -0.15) is 0 Å². The zero-order valence-electron chi connectivity index (χ0n) is 14.8. The second-order valence-corrected chi connectivity index (χ2v) is 4.95. The van der Waals surface area contributed by atoms with E-state index in [0.717, 1.165) is 27.7 Å². The molecule has 0 saturated carbocycles. The molecule has 0 aromatic rings. The molecule has 0 aromatic carbocycles. The molecule has 3 atom stereocenters. The monoisotopic (exact) mass is 361 g/mol. The Morgan fingerprint density at radius 1 is 0.800 bits per heavy atom. The van der Waals surface area contributed by atoms with E-state index in [1.165, 1.54) is 0 Å². The van der Waals surface area contributed by atoms with Crippen molar-refractivity contribution in [3.8, 4) is 0 Å². The summed E-state index contributed by atoms with van der Waals surface area (Å²) in [5.74, 6) is -3.84. The summed E-state index contributed by atoms with van der Waals surface area (Å²) < 4.78 is 19.7. The van der Waals surface area contributed by atoms with Crippen molar-refractivity contribution in [2.24, 2.45) is 0 Å². The van der Waals surface area contributed by atoms with Crippen LogP contribution in [0.1, 0.15) is 34.6 Å². The van der Waals surface area contributed by atoms with Crippen LogP contribution < -0.4 is 5.32 Å². The van der Waals surface area contributed by atoms with E-state index in [9.17, 15) is 24.0 Å². The number of carbonyl (C=O) groups is 5. The molecule has 0 fully saturated rings. The second kappa shape index (κ2) is 11.0. The number of amides is 1. The molecule has 1 amide bonds. The van der Waals surface area contributed by atoms with E-state index < -0.39 is 54.7 Å². The molecular weight excluding hydrogens is 338 g/mol. The van der Waals surface area contributed by atoms with E-state index in [-0.39, 0.29) is 6.54 Å². The van der Waals surface area contributed by atoms with Gasteiger partial charge in [0.1, 0.15) is 6.61 Å². The summed E-state index contributed by atoms with van der Waals surface area (Å²) in [6.45, 7) is 5.68. The Kier molecular flexibility index (Phi) is 9.83. The quantitative estimate of drug-likeness (QED) is 0.425. The summed E-state index contributed by atoms with van der Waals surface area (Å²) in [6.07, 6.45) is -4.45. The zero-order chi connectivity index (χ0) is 19.6. The maximum Gasteiger partial charge on any atom is 0.303 e. The van der Waals surface area contributed by atoms with Crippen LogP contribution in [0.5, 0.6) is 0 Å². The highest BCUT2D eigenvalue weighted by Gasteiger charge is 2.42. The highest BCUT2D eigenvalue weighted by molar-refractivity contribution is 5.84. The van der Waals surface area contributed by atoms with E-state index in [4.69, 9.17) is 18.9 Å². The van der Waals surface area contributed by atoms with Crippen LogP contribution in [-0.2, 0) is 42.9 Å². The van der Waals surface area contributed by atoms with Crippen molar-refractivity contribution in [1.29, 1.82) is 0 Å². The fourth-order valence-corrected chi connectivity index (χ4v) is 1.86. The summed E-state index contributed by atoms with van der Waals surface area (Å²) in [4.78, 5) is 57.3. The van der Waals surface area contributed by atoms with Crippen LogP contribution in [0.25, 0.3) is 0 Å². The van der Waals surface area contributed by atoms with Gasteiger partial charge in [-0.05, 0) is 6.92 Å². The molecule has 0 aliphatic heterocycles. The highest BCUT2D eigenvalue weighted by Crippen LogP contribution is 2.15. The highest BCUT2D eigenvalue weighted by atomic mass is 16.6. The Balaban J connectivity index is 5.73. The number of hydrogen-bond donors (Lipinski definition) is 1. The lowest BCUT2D eigenvalue weighted by Crippen LogP contribution is -2.53. The fourth-order valence-electron chi connectivity index (χ4n) is 1.86. The van der Waals surface area contributed by atoms with Crippen molar-refractivity contribution in [2.45, 2.75) is 52.9 Å². The molecule has 0 bridgehead atoms. The first kappa shape index (κ1) is 22.4. The molecule has 0 saturated heterocycles. The van der Waals surface area contributed by atoms with Gasteiger partial charge >= 0.3 is 23.9 Å². The van der Waals surface area contributed by atoms with E-state index >= 15 is 0 Å². The van der Waals surface area contributed by atoms with Crippen LogP contribution in [0.3, 0.4) is 0 Å². The fraction of sp³-hybridized carbons (Fsp3) is 0.667. The molecule has 0 heterocycles. The molecule has 0 unspecified atom stereocenters. The van der Waals surface area contributed by atoms with Crippen LogP contribution in [0, 0.1) is 0 Å². The molecular formula is C15H23NO9. The third-order valence-electron chi connectivity index (χ3n) is 2.64. The van der Waals surface area contributed by atoms with Crippen LogP contribution >= 0.6 is 0 Å². The molecule has 0 aliphatic rings. The van der Waals surface area contributed by atoms with Crippen LogP contribution in [0.15, 0.2) is 0 Å². The largest absolute Gasteiger partial charge is 0.462 e. The predicted molar refractivity (Wildman–Crippen MR) is 82.0 cm³/mol. The van der Waals surface area contributed by atoms with E-state index in [1.807, 2.05) is 0 Å². The van der Waals surface area contributed by atoms with Gasteiger partial charge in [-0.25, -0.2) is 0 Å². The zero-order valence-corrected chi connectivity index (χ0v) is 14.8. The number of carbonyl (C=O) groups excluding carboxylic acids is 5. The Morgan fingerprint density at radius 3 is 1.72 bits per heavy atom. The van der Waals surface area contributed by atoms with Crippen LogP contribution in [0.2, 0.25) is 0 Å². The smallest absolute Gasteiger partial charge is 0.303 e. The first-order valence-electron chi connectivity index (χ1n) is 7.51. The van der Waals surface area contributed by atoms with Gasteiger partial charge in [-0.15, -0.1) is 0 Å².